The van der Waals surface area contributed by atoms with E-state index in [1.165, 1.54) is 0 Å². The van der Waals surface area contributed by atoms with Crippen LogP contribution >= 0.6 is 23.2 Å². The molecule has 0 spiro atoms. The Bertz CT molecular complexity index is 786. The van der Waals surface area contributed by atoms with Crippen molar-refractivity contribution in [2.45, 2.75) is 18.9 Å². The highest BCUT2D eigenvalue weighted by Gasteiger charge is 2.42. The fourth-order valence-corrected chi connectivity index (χ4v) is 3.07. The topological polar surface area (TPSA) is 55.4 Å². The molecular formula is C17H13Cl2NO3. The third kappa shape index (κ3) is 3.19. The zero-order valence-corrected chi connectivity index (χ0v) is 13.7. The molecule has 1 atom stereocenters. The highest BCUT2D eigenvalue weighted by Crippen LogP contribution is 2.30. The molecule has 1 heterocycles. The first-order valence-corrected chi connectivity index (χ1v) is 7.72. The molecular weight excluding hydrogens is 337 g/mol. The lowest BCUT2D eigenvalue weighted by atomic mass is 9.89. The number of carbonyl (C=O) groups excluding carboxylic acids is 2. The van der Waals surface area contributed by atoms with Gasteiger partial charge in [-0.2, -0.15) is 0 Å². The van der Waals surface area contributed by atoms with E-state index in [2.05, 4.69) is 5.32 Å². The predicted molar refractivity (Wildman–Crippen MR) is 89.1 cm³/mol. The Morgan fingerprint density at radius 3 is 2.52 bits per heavy atom. The molecule has 2 aromatic rings. The summed E-state index contributed by atoms with van der Waals surface area (Å²) < 4.78 is 5.38. The van der Waals surface area contributed by atoms with Gasteiger partial charge in [-0.1, -0.05) is 41.4 Å². The number of benzene rings is 2. The monoisotopic (exact) mass is 349 g/mol. The number of esters is 1. The number of carbonyl (C=O) groups is 2. The Kier molecular flexibility index (Phi) is 4.04. The van der Waals surface area contributed by atoms with Crippen LogP contribution in [-0.4, -0.2) is 17.5 Å². The number of anilines is 1. The fourth-order valence-electron chi connectivity index (χ4n) is 2.55. The summed E-state index contributed by atoms with van der Waals surface area (Å²) in [5, 5.41) is 3.51. The van der Waals surface area contributed by atoms with Crippen LogP contribution in [0.1, 0.15) is 22.8 Å². The molecule has 2 aromatic carbocycles. The van der Waals surface area contributed by atoms with Crippen LogP contribution in [0.4, 0.5) is 5.69 Å². The van der Waals surface area contributed by atoms with Gasteiger partial charge in [-0.25, -0.2) is 4.79 Å². The van der Waals surface area contributed by atoms with Crippen molar-refractivity contribution in [2.75, 3.05) is 5.32 Å². The number of amides is 1. The standard InChI is InChI=1S/C17H13Cl2NO3/c1-17(9-10-4-2-3-5-14(10)15(21)23-17)16(22)20-13-7-11(18)6-12(19)8-13/h2-8H,9H2,1H3,(H,20,22)/t17-/m0/s1. The SMILES string of the molecule is C[C@@]1(C(=O)Nc2cc(Cl)cc(Cl)c2)Cc2ccccc2C(=O)O1. The van der Waals surface area contributed by atoms with E-state index >= 15 is 0 Å². The summed E-state index contributed by atoms with van der Waals surface area (Å²) >= 11 is 11.8. The van der Waals surface area contributed by atoms with Gasteiger partial charge in [-0.3, -0.25) is 4.79 Å². The van der Waals surface area contributed by atoms with Crippen LogP contribution in [0.15, 0.2) is 42.5 Å². The zero-order chi connectivity index (χ0) is 16.6. The van der Waals surface area contributed by atoms with Gasteiger partial charge in [0.2, 0.25) is 0 Å². The average Bonchev–Trinajstić information content (AvgIpc) is 2.46. The van der Waals surface area contributed by atoms with Crippen molar-refractivity contribution in [2.24, 2.45) is 0 Å². The van der Waals surface area contributed by atoms with Crippen molar-refractivity contribution in [1.29, 1.82) is 0 Å². The fraction of sp³-hybridized carbons (Fsp3) is 0.176. The number of nitrogens with one attached hydrogen (secondary N) is 1. The van der Waals surface area contributed by atoms with E-state index in [4.69, 9.17) is 27.9 Å². The highest BCUT2D eigenvalue weighted by atomic mass is 35.5. The second-order valence-electron chi connectivity index (χ2n) is 5.57. The Morgan fingerprint density at radius 1 is 1.17 bits per heavy atom. The maximum Gasteiger partial charge on any atom is 0.339 e. The molecule has 0 aliphatic carbocycles. The average molecular weight is 350 g/mol. The van der Waals surface area contributed by atoms with Gasteiger partial charge in [0.05, 0.1) is 5.56 Å². The maximum absolute atomic E-state index is 12.6. The Balaban J connectivity index is 1.86. The third-order valence-electron chi connectivity index (χ3n) is 3.68. The van der Waals surface area contributed by atoms with Gasteiger partial charge < -0.3 is 10.1 Å². The molecule has 0 unspecified atom stereocenters. The molecule has 1 N–H and O–H groups in total. The highest BCUT2D eigenvalue weighted by molar-refractivity contribution is 6.35. The van der Waals surface area contributed by atoms with E-state index in [1.54, 1.807) is 37.3 Å². The molecule has 6 heteroatoms. The number of ether oxygens (including phenoxy) is 1. The molecule has 0 fully saturated rings. The predicted octanol–water partition coefficient (Wildman–Crippen LogP) is 4.10. The Morgan fingerprint density at radius 2 is 1.83 bits per heavy atom. The normalized spacial score (nSPS) is 19.7. The molecule has 4 nitrogen and oxygen atoms in total. The minimum atomic E-state index is -1.29. The molecule has 118 valence electrons. The van der Waals surface area contributed by atoms with E-state index in [1.807, 2.05) is 12.1 Å². The molecule has 1 aliphatic rings. The van der Waals surface area contributed by atoms with Crippen LogP contribution in [0.25, 0.3) is 0 Å². The van der Waals surface area contributed by atoms with Crippen molar-refractivity contribution < 1.29 is 14.3 Å². The number of hydrogen-bond acceptors (Lipinski definition) is 3. The maximum atomic E-state index is 12.6. The summed E-state index contributed by atoms with van der Waals surface area (Å²) in [5.41, 5.74) is 0.429. The van der Waals surface area contributed by atoms with Crippen LogP contribution < -0.4 is 5.32 Å². The molecule has 1 aliphatic heterocycles. The lowest BCUT2D eigenvalue weighted by molar-refractivity contribution is -0.134. The van der Waals surface area contributed by atoms with Gasteiger partial charge in [-0.05, 0) is 36.8 Å². The van der Waals surface area contributed by atoms with Gasteiger partial charge in [0.25, 0.3) is 5.91 Å². The first-order valence-electron chi connectivity index (χ1n) is 6.96. The lowest BCUT2D eigenvalue weighted by Gasteiger charge is -2.33. The van der Waals surface area contributed by atoms with Crippen LogP contribution in [0.3, 0.4) is 0 Å². The van der Waals surface area contributed by atoms with Crippen molar-refractivity contribution in [3.8, 4) is 0 Å². The van der Waals surface area contributed by atoms with Crippen molar-refractivity contribution >= 4 is 40.8 Å². The Labute approximate surface area is 143 Å². The van der Waals surface area contributed by atoms with Gasteiger partial charge in [0.1, 0.15) is 0 Å². The van der Waals surface area contributed by atoms with Crippen LogP contribution in [-0.2, 0) is 16.0 Å². The molecule has 0 bridgehead atoms. The van der Waals surface area contributed by atoms with Crippen LogP contribution in [0.2, 0.25) is 10.0 Å². The molecule has 1 amide bonds. The van der Waals surface area contributed by atoms with Crippen molar-refractivity contribution in [3.05, 3.63) is 63.6 Å². The van der Waals surface area contributed by atoms with E-state index in [-0.39, 0.29) is 0 Å². The van der Waals surface area contributed by atoms with Crippen molar-refractivity contribution in [3.63, 3.8) is 0 Å². The zero-order valence-electron chi connectivity index (χ0n) is 12.2. The minimum absolute atomic E-state index is 0.301. The van der Waals surface area contributed by atoms with Gasteiger partial charge in [0, 0.05) is 22.2 Å². The molecule has 0 aromatic heterocycles. The van der Waals surface area contributed by atoms with Crippen LogP contribution in [0.5, 0.6) is 0 Å². The summed E-state index contributed by atoms with van der Waals surface area (Å²) in [4.78, 5) is 24.7. The second-order valence-corrected chi connectivity index (χ2v) is 6.44. The molecule has 0 radical (unpaired) electrons. The summed E-state index contributed by atoms with van der Waals surface area (Å²) in [6.07, 6.45) is 0.301. The van der Waals surface area contributed by atoms with E-state index in [9.17, 15) is 9.59 Å². The molecule has 23 heavy (non-hydrogen) atoms. The van der Waals surface area contributed by atoms with E-state index in [0.717, 1.165) is 5.56 Å². The smallest absolute Gasteiger partial charge is 0.339 e. The summed E-state index contributed by atoms with van der Waals surface area (Å²) in [6.45, 7) is 1.59. The summed E-state index contributed by atoms with van der Waals surface area (Å²) in [7, 11) is 0. The number of cyclic esters (lactones) is 1. The number of hydrogen-bond donors (Lipinski definition) is 1. The second kappa shape index (κ2) is 5.87. The first kappa shape index (κ1) is 15.8. The number of rotatable bonds is 2. The first-order chi connectivity index (χ1) is 10.9. The van der Waals surface area contributed by atoms with Gasteiger partial charge in [0.15, 0.2) is 5.60 Å². The molecule has 0 saturated carbocycles. The summed E-state index contributed by atoms with van der Waals surface area (Å²) in [6, 6.07) is 11.8. The largest absolute Gasteiger partial charge is 0.445 e. The van der Waals surface area contributed by atoms with E-state index in [0.29, 0.717) is 27.7 Å². The van der Waals surface area contributed by atoms with Crippen LogP contribution in [0, 0.1) is 0 Å². The quantitative estimate of drug-likeness (QED) is 0.830. The minimum Gasteiger partial charge on any atom is -0.445 e. The number of halogens is 2. The lowest BCUT2D eigenvalue weighted by Crippen LogP contribution is -2.48. The number of fused-ring (bicyclic) bond motifs is 1. The van der Waals surface area contributed by atoms with Crippen molar-refractivity contribution in [1.82, 2.24) is 0 Å². The third-order valence-corrected chi connectivity index (χ3v) is 4.12. The van der Waals surface area contributed by atoms with Gasteiger partial charge in [-0.15, -0.1) is 0 Å². The van der Waals surface area contributed by atoms with Gasteiger partial charge >= 0.3 is 5.97 Å². The molecule has 3 rings (SSSR count). The molecule has 0 saturated heterocycles. The Hall–Kier alpha value is -2.04. The summed E-state index contributed by atoms with van der Waals surface area (Å²) in [5.74, 6) is -0.938. The van der Waals surface area contributed by atoms with E-state index < -0.39 is 17.5 Å².